The number of hydrogen-bond acceptors (Lipinski definition) is 6. The maximum Gasteiger partial charge on any atom is 0.352 e. The van der Waals surface area contributed by atoms with E-state index in [4.69, 9.17) is 4.74 Å². The molecule has 1 N–H and O–H groups in total. The third kappa shape index (κ3) is 2.50. The molecule has 1 aromatic rings. The van der Waals surface area contributed by atoms with Crippen LogP contribution >= 0.6 is 0 Å². The second-order valence-corrected chi connectivity index (χ2v) is 6.90. The molecule has 9 heteroatoms. The zero-order valence-electron chi connectivity index (χ0n) is 15.7. The van der Waals surface area contributed by atoms with E-state index >= 15 is 0 Å². The van der Waals surface area contributed by atoms with Gasteiger partial charge in [0.2, 0.25) is 5.72 Å². The number of carbonyl (C=O) groups excluding carboxylic acids is 4. The number of rotatable bonds is 4. The second-order valence-electron chi connectivity index (χ2n) is 6.90. The Balaban J connectivity index is 2.10. The van der Waals surface area contributed by atoms with Crippen molar-refractivity contribution >= 4 is 29.7 Å². The van der Waals surface area contributed by atoms with E-state index < -0.39 is 41.4 Å². The summed E-state index contributed by atoms with van der Waals surface area (Å²) in [5, 5.41) is 9.52. The van der Waals surface area contributed by atoms with Crippen LogP contribution in [0.4, 0.5) is 0 Å². The van der Waals surface area contributed by atoms with E-state index in [1.807, 2.05) is 0 Å². The number of nitrogens with zero attached hydrogens (tertiary/aromatic N) is 2. The first-order valence-electron chi connectivity index (χ1n) is 8.43. The molecule has 2 heterocycles. The summed E-state index contributed by atoms with van der Waals surface area (Å²) in [7, 11) is 0. The molecule has 0 aliphatic carbocycles. The highest BCUT2D eigenvalue weighted by molar-refractivity contribution is 6.23. The molecule has 2 aliphatic rings. The van der Waals surface area contributed by atoms with Crippen LogP contribution < -0.4 is 0 Å². The predicted molar refractivity (Wildman–Crippen MR) is 93.8 cm³/mol. The number of allylic oxidation sites excluding steroid dienone is 1. The molecule has 1 saturated heterocycles. The SMILES string of the molecule is CC(=O)OC1(C)C(N2C(=O)c3ccccc3C2=O)C(=O)N1C(C(=O)O)=C(C)C. The summed E-state index contributed by atoms with van der Waals surface area (Å²) in [5.41, 5.74) is -1.67. The third-order valence-corrected chi connectivity index (χ3v) is 4.74. The van der Waals surface area contributed by atoms with E-state index in [1.165, 1.54) is 32.9 Å². The number of aliphatic carboxylic acids is 1. The van der Waals surface area contributed by atoms with Crippen LogP contribution in [0, 0.1) is 0 Å². The number of carboxylic acid groups (broad SMARTS) is 1. The molecule has 2 atom stereocenters. The van der Waals surface area contributed by atoms with Gasteiger partial charge in [0.05, 0.1) is 11.1 Å². The Kier molecular flexibility index (Phi) is 4.33. The first-order chi connectivity index (χ1) is 13.0. The highest BCUT2D eigenvalue weighted by atomic mass is 16.6. The maximum atomic E-state index is 12.9. The molecular weight excluding hydrogens is 368 g/mol. The number of likely N-dealkylation sites (tertiary alicyclic amines) is 1. The number of carbonyl (C=O) groups is 5. The van der Waals surface area contributed by atoms with E-state index in [-0.39, 0.29) is 16.8 Å². The summed E-state index contributed by atoms with van der Waals surface area (Å²) in [6.07, 6.45) is 0. The van der Waals surface area contributed by atoms with E-state index in [9.17, 15) is 29.1 Å². The molecule has 1 aromatic carbocycles. The Bertz CT molecular complexity index is 941. The Morgan fingerprint density at radius 2 is 1.54 bits per heavy atom. The van der Waals surface area contributed by atoms with Gasteiger partial charge in [0, 0.05) is 6.92 Å². The van der Waals surface area contributed by atoms with E-state index in [0.29, 0.717) is 5.57 Å². The molecule has 3 amide bonds. The van der Waals surface area contributed by atoms with Crippen LogP contribution in [0.25, 0.3) is 0 Å². The topological polar surface area (TPSA) is 121 Å². The summed E-state index contributed by atoms with van der Waals surface area (Å²) in [6, 6.07) is 4.60. The summed E-state index contributed by atoms with van der Waals surface area (Å²) in [6.45, 7) is 5.37. The maximum absolute atomic E-state index is 12.9. The van der Waals surface area contributed by atoms with Gasteiger partial charge in [-0.2, -0.15) is 0 Å². The zero-order valence-corrected chi connectivity index (χ0v) is 15.7. The molecule has 9 nitrogen and oxygen atoms in total. The number of carboxylic acids is 1. The fourth-order valence-corrected chi connectivity index (χ4v) is 3.68. The summed E-state index contributed by atoms with van der Waals surface area (Å²) < 4.78 is 5.28. The van der Waals surface area contributed by atoms with Crippen molar-refractivity contribution in [2.24, 2.45) is 0 Å². The van der Waals surface area contributed by atoms with Crippen molar-refractivity contribution in [2.45, 2.75) is 39.5 Å². The molecule has 1 fully saturated rings. The molecule has 0 aromatic heterocycles. The van der Waals surface area contributed by atoms with Crippen molar-refractivity contribution in [1.82, 2.24) is 9.80 Å². The van der Waals surface area contributed by atoms with Gasteiger partial charge in [-0.25, -0.2) is 4.79 Å². The summed E-state index contributed by atoms with van der Waals surface area (Å²) in [4.78, 5) is 63.4. The fourth-order valence-electron chi connectivity index (χ4n) is 3.68. The lowest BCUT2D eigenvalue weighted by Crippen LogP contribution is -2.79. The van der Waals surface area contributed by atoms with Crippen LogP contribution in [0.1, 0.15) is 48.4 Å². The Morgan fingerprint density at radius 3 is 1.93 bits per heavy atom. The van der Waals surface area contributed by atoms with Crippen LogP contribution in [0.2, 0.25) is 0 Å². The van der Waals surface area contributed by atoms with Crippen LogP contribution in [-0.2, 0) is 19.1 Å². The van der Waals surface area contributed by atoms with Gasteiger partial charge in [-0.3, -0.25) is 29.0 Å². The van der Waals surface area contributed by atoms with Gasteiger partial charge in [0.1, 0.15) is 5.70 Å². The van der Waals surface area contributed by atoms with E-state index in [1.54, 1.807) is 12.1 Å². The van der Waals surface area contributed by atoms with E-state index in [2.05, 4.69) is 0 Å². The molecule has 0 spiro atoms. The van der Waals surface area contributed by atoms with Gasteiger partial charge >= 0.3 is 11.9 Å². The summed E-state index contributed by atoms with van der Waals surface area (Å²) >= 11 is 0. The number of esters is 1. The molecule has 0 bridgehead atoms. The lowest BCUT2D eigenvalue weighted by molar-refractivity contribution is -0.223. The van der Waals surface area contributed by atoms with Gasteiger partial charge in [0.25, 0.3) is 17.7 Å². The average molecular weight is 386 g/mol. The molecule has 146 valence electrons. The number of ether oxygens (including phenoxy) is 1. The minimum absolute atomic E-state index is 0.129. The average Bonchev–Trinajstić information content (AvgIpc) is 2.84. The zero-order chi connectivity index (χ0) is 21.0. The van der Waals surface area contributed by atoms with Crippen LogP contribution in [0.15, 0.2) is 35.5 Å². The summed E-state index contributed by atoms with van der Waals surface area (Å²) in [5.74, 6) is -4.42. The molecule has 2 unspecified atom stereocenters. The minimum Gasteiger partial charge on any atom is -0.477 e. The monoisotopic (exact) mass is 386 g/mol. The number of fused-ring (bicyclic) bond motifs is 1. The fraction of sp³-hybridized carbons (Fsp3) is 0.316. The Morgan fingerprint density at radius 1 is 1.04 bits per heavy atom. The number of hydrogen-bond donors (Lipinski definition) is 1. The molecule has 0 radical (unpaired) electrons. The second kappa shape index (κ2) is 6.29. The van der Waals surface area contributed by atoms with Crippen molar-refractivity contribution in [2.75, 3.05) is 0 Å². The van der Waals surface area contributed by atoms with Crippen molar-refractivity contribution in [1.29, 1.82) is 0 Å². The quantitative estimate of drug-likeness (QED) is 0.356. The highest BCUT2D eigenvalue weighted by Gasteiger charge is 2.68. The van der Waals surface area contributed by atoms with Gasteiger partial charge < -0.3 is 9.84 Å². The predicted octanol–water partition coefficient (Wildman–Crippen LogP) is 1.15. The largest absolute Gasteiger partial charge is 0.477 e. The van der Waals surface area contributed by atoms with Gasteiger partial charge in [0.15, 0.2) is 6.04 Å². The number of amides is 3. The van der Waals surface area contributed by atoms with Gasteiger partial charge in [-0.1, -0.05) is 12.1 Å². The number of imide groups is 1. The Labute approximate surface area is 160 Å². The van der Waals surface area contributed by atoms with Gasteiger partial charge in [-0.15, -0.1) is 0 Å². The standard InChI is InChI=1S/C19H18N2O7/c1-9(2)13(18(26)27)21-17(25)14(19(21,4)28-10(3)22)20-15(23)11-7-5-6-8-12(11)16(20)24/h5-8,14H,1-4H3,(H,26,27). The first-order valence-corrected chi connectivity index (χ1v) is 8.43. The van der Waals surface area contributed by atoms with Crippen molar-refractivity contribution < 1.29 is 33.8 Å². The van der Waals surface area contributed by atoms with Crippen molar-refractivity contribution in [3.63, 3.8) is 0 Å². The van der Waals surface area contributed by atoms with Gasteiger partial charge in [-0.05, 0) is 38.5 Å². The Hall–Kier alpha value is -3.49. The normalized spacial score (nSPS) is 23.3. The lowest BCUT2D eigenvalue weighted by Gasteiger charge is -2.55. The molecule has 2 aliphatic heterocycles. The molecule has 0 saturated carbocycles. The smallest absolute Gasteiger partial charge is 0.352 e. The van der Waals surface area contributed by atoms with Crippen LogP contribution in [0.3, 0.4) is 0 Å². The molecular formula is C19H18N2O7. The lowest BCUT2D eigenvalue weighted by atomic mass is 9.88. The molecule has 3 rings (SSSR count). The third-order valence-electron chi connectivity index (χ3n) is 4.74. The first kappa shape index (κ1) is 19.3. The molecule has 28 heavy (non-hydrogen) atoms. The van der Waals surface area contributed by atoms with Crippen LogP contribution in [-0.4, -0.2) is 56.3 Å². The number of benzene rings is 1. The number of β-lactam (4-membered cyclic amide) rings is 1. The van der Waals surface area contributed by atoms with Crippen molar-refractivity contribution in [3.8, 4) is 0 Å². The van der Waals surface area contributed by atoms with Crippen LogP contribution in [0.5, 0.6) is 0 Å². The highest BCUT2D eigenvalue weighted by Crippen LogP contribution is 2.43. The minimum atomic E-state index is -1.85. The van der Waals surface area contributed by atoms with E-state index in [0.717, 1.165) is 16.7 Å². The van der Waals surface area contributed by atoms with Crippen molar-refractivity contribution in [3.05, 3.63) is 46.7 Å².